The van der Waals surface area contributed by atoms with Crippen molar-refractivity contribution in [3.05, 3.63) is 30.3 Å². The van der Waals surface area contributed by atoms with E-state index in [4.69, 9.17) is 10.00 Å². The number of hydrogen-bond acceptors (Lipinski definition) is 4. The molecule has 0 spiro atoms. The summed E-state index contributed by atoms with van der Waals surface area (Å²) in [5, 5.41) is 11.3. The number of nitrogens with zero attached hydrogens (tertiary/aromatic N) is 2. The van der Waals surface area contributed by atoms with Gasteiger partial charge in [-0.3, -0.25) is 9.59 Å². The van der Waals surface area contributed by atoms with Crippen molar-refractivity contribution in [1.82, 2.24) is 10.2 Å². The van der Waals surface area contributed by atoms with Crippen LogP contribution in [0.1, 0.15) is 32.1 Å². The van der Waals surface area contributed by atoms with Gasteiger partial charge in [-0.1, -0.05) is 18.2 Å². The SMILES string of the molecule is N#CCC(=O)NC1CCN(C(=O)CCCOc2ccccc2)CC1. The van der Waals surface area contributed by atoms with Crippen molar-refractivity contribution in [3.8, 4) is 11.8 Å². The number of rotatable bonds is 7. The van der Waals surface area contributed by atoms with Crippen LogP contribution >= 0.6 is 0 Å². The van der Waals surface area contributed by atoms with Gasteiger partial charge in [-0.2, -0.15) is 5.26 Å². The molecule has 1 heterocycles. The first-order valence-electron chi connectivity index (χ1n) is 8.31. The van der Waals surface area contributed by atoms with Crippen LogP contribution in [0.25, 0.3) is 0 Å². The highest BCUT2D eigenvalue weighted by molar-refractivity contribution is 5.78. The Labute approximate surface area is 142 Å². The molecular weight excluding hydrogens is 306 g/mol. The molecule has 128 valence electrons. The maximum absolute atomic E-state index is 12.2. The van der Waals surface area contributed by atoms with Gasteiger partial charge in [0.05, 0.1) is 12.7 Å². The number of likely N-dealkylation sites (tertiary alicyclic amines) is 1. The molecule has 0 unspecified atom stereocenters. The molecule has 1 fully saturated rings. The fraction of sp³-hybridized carbons (Fsp3) is 0.500. The predicted molar refractivity (Wildman–Crippen MR) is 89.1 cm³/mol. The summed E-state index contributed by atoms with van der Waals surface area (Å²) < 4.78 is 5.58. The first kappa shape index (κ1) is 17.8. The first-order valence-corrected chi connectivity index (χ1v) is 8.31. The van der Waals surface area contributed by atoms with Crippen LogP contribution in [-0.4, -0.2) is 42.5 Å². The second-order valence-corrected chi connectivity index (χ2v) is 5.82. The molecule has 2 amide bonds. The summed E-state index contributed by atoms with van der Waals surface area (Å²) >= 11 is 0. The van der Waals surface area contributed by atoms with Gasteiger partial charge in [0.1, 0.15) is 12.2 Å². The molecule has 1 saturated heterocycles. The van der Waals surface area contributed by atoms with E-state index in [9.17, 15) is 9.59 Å². The van der Waals surface area contributed by atoms with Gasteiger partial charge in [-0.15, -0.1) is 0 Å². The quantitative estimate of drug-likeness (QED) is 0.774. The monoisotopic (exact) mass is 329 g/mol. The van der Waals surface area contributed by atoms with E-state index >= 15 is 0 Å². The van der Waals surface area contributed by atoms with Gasteiger partial charge in [0, 0.05) is 25.6 Å². The number of nitriles is 1. The standard InChI is InChI=1S/C18H23N3O3/c19-11-8-17(22)20-15-9-12-21(13-10-15)18(23)7-4-14-24-16-5-2-1-3-6-16/h1-3,5-6,15H,4,7-10,12-14H2,(H,20,22). The van der Waals surface area contributed by atoms with Crippen molar-refractivity contribution < 1.29 is 14.3 Å². The summed E-state index contributed by atoms with van der Waals surface area (Å²) in [5.74, 6) is 0.715. The molecule has 0 atom stereocenters. The minimum atomic E-state index is -0.236. The third kappa shape index (κ3) is 5.92. The fourth-order valence-corrected chi connectivity index (χ4v) is 2.71. The Balaban J connectivity index is 1.60. The average Bonchev–Trinajstić information content (AvgIpc) is 2.60. The molecule has 1 aliphatic heterocycles. The van der Waals surface area contributed by atoms with E-state index in [0.29, 0.717) is 32.5 Å². The number of para-hydroxylation sites is 1. The molecule has 1 aromatic rings. The van der Waals surface area contributed by atoms with Gasteiger partial charge in [0.25, 0.3) is 0 Å². The molecule has 0 saturated carbocycles. The summed E-state index contributed by atoms with van der Waals surface area (Å²) in [4.78, 5) is 25.4. The third-order valence-corrected chi connectivity index (χ3v) is 4.00. The first-order chi connectivity index (χ1) is 11.7. The normalized spacial score (nSPS) is 14.7. The lowest BCUT2D eigenvalue weighted by Gasteiger charge is -2.32. The summed E-state index contributed by atoms with van der Waals surface area (Å²) in [6, 6.07) is 11.5. The molecule has 1 N–H and O–H groups in total. The van der Waals surface area contributed by atoms with Crippen LogP contribution in [-0.2, 0) is 9.59 Å². The largest absolute Gasteiger partial charge is 0.494 e. The Hall–Kier alpha value is -2.55. The van der Waals surface area contributed by atoms with E-state index in [0.717, 1.165) is 18.6 Å². The molecule has 0 bridgehead atoms. The van der Waals surface area contributed by atoms with E-state index in [1.165, 1.54) is 0 Å². The van der Waals surface area contributed by atoms with Gasteiger partial charge in [0.2, 0.25) is 11.8 Å². The number of nitrogens with one attached hydrogen (secondary N) is 1. The fourth-order valence-electron chi connectivity index (χ4n) is 2.71. The van der Waals surface area contributed by atoms with Crippen molar-refractivity contribution in [3.63, 3.8) is 0 Å². The van der Waals surface area contributed by atoms with Crippen molar-refractivity contribution in [2.45, 2.75) is 38.1 Å². The number of amides is 2. The minimum absolute atomic E-state index is 0.0660. The summed E-state index contributed by atoms with van der Waals surface area (Å²) in [7, 11) is 0. The molecular formula is C18H23N3O3. The molecule has 1 aliphatic rings. The summed E-state index contributed by atoms with van der Waals surface area (Å²) in [5.41, 5.74) is 0. The van der Waals surface area contributed by atoms with Crippen LogP contribution in [0.15, 0.2) is 30.3 Å². The van der Waals surface area contributed by atoms with Gasteiger partial charge in [0.15, 0.2) is 0 Å². The molecule has 0 aromatic heterocycles. The lowest BCUT2D eigenvalue weighted by atomic mass is 10.0. The number of benzene rings is 1. The molecule has 0 radical (unpaired) electrons. The Morgan fingerprint density at radius 2 is 1.96 bits per heavy atom. The van der Waals surface area contributed by atoms with E-state index in [-0.39, 0.29) is 24.3 Å². The molecule has 1 aromatic carbocycles. The molecule has 6 heteroatoms. The van der Waals surface area contributed by atoms with Crippen molar-refractivity contribution in [2.75, 3.05) is 19.7 Å². The van der Waals surface area contributed by atoms with Crippen LogP contribution in [0, 0.1) is 11.3 Å². The zero-order valence-corrected chi connectivity index (χ0v) is 13.7. The topological polar surface area (TPSA) is 82.4 Å². The number of carbonyl (C=O) groups excluding carboxylic acids is 2. The maximum atomic E-state index is 12.2. The van der Waals surface area contributed by atoms with E-state index in [1.54, 1.807) is 0 Å². The lowest BCUT2D eigenvalue weighted by Crippen LogP contribution is -2.46. The van der Waals surface area contributed by atoms with Crippen LogP contribution in [0.5, 0.6) is 5.75 Å². The van der Waals surface area contributed by atoms with Gasteiger partial charge in [-0.05, 0) is 31.4 Å². The highest BCUT2D eigenvalue weighted by atomic mass is 16.5. The number of ether oxygens (including phenoxy) is 1. The van der Waals surface area contributed by atoms with Crippen molar-refractivity contribution in [1.29, 1.82) is 5.26 Å². The number of hydrogen-bond donors (Lipinski definition) is 1. The molecule has 6 nitrogen and oxygen atoms in total. The van der Waals surface area contributed by atoms with Crippen molar-refractivity contribution in [2.24, 2.45) is 0 Å². The van der Waals surface area contributed by atoms with Crippen LogP contribution in [0.4, 0.5) is 0 Å². The molecule has 2 rings (SSSR count). The second kappa shape index (κ2) is 9.56. The predicted octanol–water partition coefficient (Wildman–Crippen LogP) is 1.87. The van der Waals surface area contributed by atoms with Crippen molar-refractivity contribution >= 4 is 11.8 Å². The maximum Gasteiger partial charge on any atom is 0.234 e. The zero-order valence-electron chi connectivity index (χ0n) is 13.7. The summed E-state index contributed by atoms with van der Waals surface area (Å²) in [6.45, 7) is 1.82. The Morgan fingerprint density at radius 1 is 1.25 bits per heavy atom. The summed E-state index contributed by atoms with van der Waals surface area (Å²) in [6.07, 6.45) is 2.53. The lowest BCUT2D eigenvalue weighted by molar-refractivity contribution is -0.132. The molecule has 0 aliphatic carbocycles. The average molecular weight is 329 g/mol. The van der Waals surface area contributed by atoms with E-state index in [1.807, 2.05) is 41.3 Å². The Kier molecular flexibility index (Phi) is 7.09. The van der Waals surface area contributed by atoms with Crippen LogP contribution in [0.2, 0.25) is 0 Å². The number of carbonyl (C=O) groups is 2. The number of piperidine rings is 1. The smallest absolute Gasteiger partial charge is 0.234 e. The highest BCUT2D eigenvalue weighted by Crippen LogP contribution is 2.13. The zero-order chi connectivity index (χ0) is 17.2. The van der Waals surface area contributed by atoms with Crippen LogP contribution in [0.3, 0.4) is 0 Å². The van der Waals surface area contributed by atoms with E-state index < -0.39 is 0 Å². The van der Waals surface area contributed by atoms with Gasteiger partial charge < -0.3 is 15.0 Å². The third-order valence-electron chi connectivity index (χ3n) is 4.00. The molecule has 24 heavy (non-hydrogen) atoms. The van der Waals surface area contributed by atoms with Gasteiger partial charge >= 0.3 is 0 Å². The van der Waals surface area contributed by atoms with Gasteiger partial charge in [-0.25, -0.2) is 0 Å². The Morgan fingerprint density at radius 3 is 2.62 bits per heavy atom. The highest BCUT2D eigenvalue weighted by Gasteiger charge is 2.23. The van der Waals surface area contributed by atoms with Crippen LogP contribution < -0.4 is 10.1 Å². The Bertz CT molecular complexity index is 575. The minimum Gasteiger partial charge on any atom is -0.494 e. The second-order valence-electron chi connectivity index (χ2n) is 5.82. The van der Waals surface area contributed by atoms with E-state index in [2.05, 4.69) is 5.32 Å².